The molecule has 4 rings (SSSR count). The lowest BCUT2D eigenvalue weighted by atomic mass is 10.2. The topological polar surface area (TPSA) is 41.2 Å². The van der Waals surface area contributed by atoms with Crippen molar-refractivity contribution in [2.24, 2.45) is 0 Å². The Labute approximate surface area is 123 Å². The van der Waals surface area contributed by atoms with Gasteiger partial charge in [0.1, 0.15) is 5.15 Å². The maximum atomic E-state index is 6.33. The summed E-state index contributed by atoms with van der Waals surface area (Å²) in [5.41, 5.74) is 3.47. The molecule has 1 saturated carbocycles. The first-order valence-electron chi connectivity index (χ1n) is 7.28. The summed E-state index contributed by atoms with van der Waals surface area (Å²) >= 11 is 6.33. The van der Waals surface area contributed by atoms with Gasteiger partial charge < -0.3 is 9.72 Å². The highest BCUT2D eigenvalue weighted by molar-refractivity contribution is 6.34. The van der Waals surface area contributed by atoms with Crippen LogP contribution < -0.4 is 0 Å². The SMILES string of the molecule is Clc1nc(C2CC2)cc2[nH]c(CN3CCOCC3)cc12. The van der Waals surface area contributed by atoms with E-state index >= 15 is 0 Å². The average Bonchev–Trinajstić information content (AvgIpc) is 3.22. The molecule has 3 heterocycles. The average molecular weight is 292 g/mol. The summed E-state index contributed by atoms with van der Waals surface area (Å²) < 4.78 is 5.38. The van der Waals surface area contributed by atoms with Gasteiger partial charge in [-0.25, -0.2) is 4.98 Å². The highest BCUT2D eigenvalue weighted by Gasteiger charge is 2.26. The third kappa shape index (κ3) is 2.43. The molecule has 1 saturated heterocycles. The molecule has 1 aliphatic carbocycles. The van der Waals surface area contributed by atoms with Crippen molar-refractivity contribution in [1.82, 2.24) is 14.9 Å². The lowest BCUT2D eigenvalue weighted by Crippen LogP contribution is -2.35. The van der Waals surface area contributed by atoms with E-state index in [0.29, 0.717) is 11.1 Å². The summed E-state index contributed by atoms with van der Waals surface area (Å²) in [6.07, 6.45) is 2.49. The van der Waals surface area contributed by atoms with Gasteiger partial charge in [0.2, 0.25) is 0 Å². The molecule has 2 fully saturated rings. The van der Waals surface area contributed by atoms with Crippen molar-refractivity contribution in [3.05, 3.63) is 28.7 Å². The number of rotatable bonds is 3. The smallest absolute Gasteiger partial charge is 0.138 e. The van der Waals surface area contributed by atoms with Crippen LogP contribution in [-0.2, 0) is 11.3 Å². The fourth-order valence-corrected chi connectivity index (χ4v) is 3.09. The zero-order valence-electron chi connectivity index (χ0n) is 11.4. The van der Waals surface area contributed by atoms with E-state index in [9.17, 15) is 0 Å². The van der Waals surface area contributed by atoms with Gasteiger partial charge in [-0.05, 0) is 25.0 Å². The van der Waals surface area contributed by atoms with Gasteiger partial charge in [0.15, 0.2) is 0 Å². The number of nitrogens with one attached hydrogen (secondary N) is 1. The van der Waals surface area contributed by atoms with E-state index in [1.54, 1.807) is 0 Å². The van der Waals surface area contributed by atoms with Gasteiger partial charge in [-0.3, -0.25) is 4.90 Å². The minimum Gasteiger partial charge on any atom is -0.379 e. The number of ether oxygens (including phenoxy) is 1. The molecule has 0 radical (unpaired) electrons. The molecule has 20 heavy (non-hydrogen) atoms. The van der Waals surface area contributed by atoms with Crippen LogP contribution in [0.5, 0.6) is 0 Å². The summed E-state index contributed by atoms with van der Waals surface area (Å²) in [6.45, 7) is 4.57. The Hall–Kier alpha value is -1.10. The standard InChI is InChI=1S/C15H18ClN3O/c16-15-12-7-11(9-19-3-5-20-6-4-19)17-14(12)8-13(18-15)10-1-2-10/h7-8,10,17H,1-6,9H2. The molecule has 0 spiro atoms. The van der Waals surface area contributed by atoms with E-state index in [0.717, 1.165) is 49.4 Å². The molecule has 1 N–H and O–H groups in total. The van der Waals surface area contributed by atoms with Crippen LogP contribution >= 0.6 is 11.6 Å². The summed E-state index contributed by atoms with van der Waals surface area (Å²) in [5, 5.41) is 1.67. The molecule has 0 bridgehead atoms. The predicted molar refractivity (Wildman–Crippen MR) is 79.2 cm³/mol. The third-order valence-electron chi connectivity index (χ3n) is 4.14. The molecule has 1 aliphatic heterocycles. The molecular formula is C15H18ClN3O. The number of pyridine rings is 1. The summed E-state index contributed by atoms with van der Waals surface area (Å²) in [6, 6.07) is 4.30. The van der Waals surface area contributed by atoms with Crippen LogP contribution in [0.25, 0.3) is 10.9 Å². The Morgan fingerprint density at radius 1 is 1.30 bits per heavy atom. The molecule has 2 aromatic rings. The highest BCUT2D eigenvalue weighted by atomic mass is 35.5. The van der Waals surface area contributed by atoms with Crippen molar-refractivity contribution in [3.63, 3.8) is 0 Å². The lowest BCUT2D eigenvalue weighted by Gasteiger charge is -2.25. The number of hydrogen-bond donors (Lipinski definition) is 1. The second kappa shape index (κ2) is 5.02. The minimum absolute atomic E-state index is 0.628. The number of halogens is 1. The van der Waals surface area contributed by atoms with Gasteiger partial charge in [-0.15, -0.1) is 0 Å². The zero-order chi connectivity index (χ0) is 13.5. The number of fused-ring (bicyclic) bond motifs is 1. The first-order valence-corrected chi connectivity index (χ1v) is 7.65. The third-order valence-corrected chi connectivity index (χ3v) is 4.43. The number of morpholine rings is 1. The molecule has 106 valence electrons. The van der Waals surface area contributed by atoms with Crippen LogP contribution in [0.4, 0.5) is 0 Å². The predicted octanol–water partition coefficient (Wildman–Crippen LogP) is 2.93. The molecule has 0 unspecified atom stereocenters. The van der Waals surface area contributed by atoms with Gasteiger partial charge in [0.25, 0.3) is 0 Å². The molecule has 0 amide bonds. The van der Waals surface area contributed by atoms with Crippen molar-refractivity contribution in [2.45, 2.75) is 25.3 Å². The molecule has 4 nitrogen and oxygen atoms in total. The number of H-pyrrole nitrogens is 1. The van der Waals surface area contributed by atoms with E-state index < -0.39 is 0 Å². The van der Waals surface area contributed by atoms with Crippen molar-refractivity contribution in [3.8, 4) is 0 Å². The Balaban J connectivity index is 1.62. The van der Waals surface area contributed by atoms with E-state index in [-0.39, 0.29) is 0 Å². The largest absolute Gasteiger partial charge is 0.379 e. The van der Waals surface area contributed by atoms with Crippen LogP contribution in [0.1, 0.15) is 30.1 Å². The molecule has 2 aromatic heterocycles. The van der Waals surface area contributed by atoms with Crippen LogP contribution in [0.3, 0.4) is 0 Å². The van der Waals surface area contributed by atoms with Crippen molar-refractivity contribution >= 4 is 22.5 Å². The quantitative estimate of drug-likeness (QED) is 0.884. The first-order chi connectivity index (χ1) is 9.79. The van der Waals surface area contributed by atoms with Gasteiger partial charge in [-0.2, -0.15) is 0 Å². The van der Waals surface area contributed by atoms with E-state index in [1.165, 1.54) is 18.5 Å². The van der Waals surface area contributed by atoms with E-state index in [2.05, 4.69) is 27.0 Å². The van der Waals surface area contributed by atoms with E-state index in [1.807, 2.05) is 0 Å². The normalized spacial score (nSPS) is 20.6. The monoisotopic (exact) mass is 291 g/mol. The first kappa shape index (κ1) is 12.6. The van der Waals surface area contributed by atoms with Crippen molar-refractivity contribution in [2.75, 3.05) is 26.3 Å². The van der Waals surface area contributed by atoms with Gasteiger partial charge in [0, 0.05) is 42.3 Å². The number of nitrogens with zero attached hydrogens (tertiary/aromatic N) is 2. The van der Waals surface area contributed by atoms with Crippen LogP contribution in [0.15, 0.2) is 12.1 Å². The number of aromatic amines is 1. The van der Waals surface area contributed by atoms with Gasteiger partial charge in [0.05, 0.1) is 18.7 Å². The zero-order valence-corrected chi connectivity index (χ0v) is 12.1. The van der Waals surface area contributed by atoms with E-state index in [4.69, 9.17) is 16.3 Å². The second-order valence-electron chi connectivity index (χ2n) is 5.76. The minimum atomic E-state index is 0.628. The summed E-state index contributed by atoms with van der Waals surface area (Å²) in [7, 11) is 0. The second-order valence-corrected chi connectivity index (χ2v) is 6.11. The maximum absolute atomic E-state index is 6.33. The Bertz CT molecular complexity index is 629. The fraction of sp³-hybridized carbons (Fsp3) is 0.533. The summed E-state index contributed by atoms with van der Waals surface area (Å²) in [5.74, 6) is 0.628. The summed E-state index contributed by atoms with van der Waals surface area (Å²) in [4.78, 5) is 10.4. The molecule has 0 atom stereocenters. The highest BCUT2D eigenvalue weighted by Crippen LogP contribution is 2.40. The molecule has 5 heteroatoms. The fourth-order valence-electron chi connectivity index (χ4n) is 2.84. The Morgan fingerprint density at radius 2 is 2.10 bits per heavy atom. The number of hydrogen-bond acceptors (Lipinski definition) is 3. The van der Waals surface area contributed by atoms with Crippen LogP contribution in [0.2, 0.25) is 5.15 Å². The molecule has 0 aromatic carbocycles. The Morgan fingerprint density at radius 3 is 2.85 bits per heavy atom. The van der Waals surface area contributed by atoms with Crippen LogP contribution in [0, 0.1) is 0 Å². The maximum Gasteiger partial charge on any atom is 0.138 e. The molecule has 2 aliphatic rings. The molecular weight excluding hydrogens is 274 g/mol. The van der Waals surface area contributed by atoms with Crippen molar-refractivity contribution < 1.29 is 4.74 Å². The lowest BCUT2D eigenvalue weighted by molar-refractivity contribution is 0.0337. The van der Waals surface area contributed by atoms with Gasteiger partial charge in [-0.1, -0.05) is 11.6 Å². The van der Waals surface area contributed by atoms with Gasteiger partial charge >= 0.3 is 0 Å². The van der Waals surface area contributed by atoms with Crippen LogP contribution in [-0.4, -0.2) is 41.2 Å². The number of aromatic nitrogens is 2. The Kier molecular flexibility index (Phi) is 3.17. The van der Waals surface area contributed by atoms with Crippen molar-refractivity contribution in [1.29, 1.82) is 0 Å².